The summed E-state index contributed by atoms with van der Waals surface area (Å²) < 4.78 is 0. The maximum atomic E-state index is 12.8. The van der Waals surface area contributed by atoms with E-state index in [1.807, 2.05) is 26.0 Å². The van der Waals surface area contributed by atoms with Crippen molar-refractivity contribution in [3.63, 3.8) is 0 Å². The molecule has 7 heteroatoms. The molecule has 4 nitrogen and oxygen atoms in total. The van der Waals surface area contributed by atoms with Gasteiger partial charge in [-0.1, -0.05) is 36.4 Å². The number of aryl methyl sites for hydroxylation is 2. The average molecular weight is 432 g/mol. The van der Waals surface area contributed by atoms with E-state index in [4.69, 9.17) is 11.6 Å². The predicted molar refractivity (Wildman–Crippen MR) is 119 cm³/mol. The molecule has 2 unspecified atom stereocenters. The number of carbonyl (C=O) groups is 1. The number of benzene rings is 1. The summed E-state index contributed by atoms with van der Waals surface area (Å²) in [7, 11) is 0. The van der Waals surface area contributed by atoms with Gasteiger partial charge in [0, 0.05) is 21.0 Å². The topological polar surface area (TPSA) is 54.9 Å². The van der Waals surface area contributed by atoms with Gasteiger partial charge in [0.2, 0.25) is 5.91 Å². The molecule has 2 heterocycles. The standard InChI is InChI=1S/C21H22ClN3OS2/c1-11-4-7-15-17(8-11)28-21-18(15)20(23-10-24-21)27-13(3)19(26)25-16-9-14(22)6-5-12(16)2/h5-6,9-11,13H,4,7-8H2,1-3H3,(H,25,26). The Morgan fingerprint density at radius 2 is 2.21 bits per heavy atom. The Balaban J connectivity index is 1.57. The van der Waals surface area contributed by atoms with E-state index in [2.05, 4.69) is 22.2 Å². The molecule has 2 aromatic heterocycles. The van der Waals surface area contributed by atoms with E-state index in [1.54, 1.807) is 23.7 Å². The molecule has 28 heavy (non-hydrogen) atoms. The van der Waals surface area contributed by atoms with E-state index in [9.17, 15) is 4.79 Å². The maximum Gasteiger partial charge on any atom is 0.237 e. The molecule has 0 aliphatic heterocycles. The fourth-order valence-corrected chi connectivity index (χ4v) is 6.05. The summed E-state index contributed by atoms with van der Waals surface area (Å²) >= 11 is 9.35. The van der Waals surface area contributed by atoms with E-state index < -0.39 is 0 Å². The van der Waals surface area contributed by atoms with Crippen molar-refractivity contribution in [2.75, 3.05) is 5.32 Å². The molecular weight excluding hydrogens is 410 g/mol. The number of thiophene rings is 1. The van der Waals surface area contributed by atoms with Crippen LogP contribution in [0.5, 0.6) is 0 Å². The highest BCUT2D eigenvalue weighted by Crippen LogP contribution is 2.41. The number of aromatic nitrogens is 2. The van der Waals surface area contributed by atoms with E-state index >= 15 is 0 Å². The average Bonchev–Trinajstić information content (AvgIpc) is 3.03. The molecule has 146 valence electrons. The van der Waals surface area contributed by atoms with Gasteiger partial charge >= 0.3 is 0 Å². The van der Waals surface area contributed by atoms with Crippen LogP contribution in [0.25, 0.3) is 10.2 Å². The molecule has 3 aromatic rings. The number of fused-ring (bicyclic) bond motifs is 3. The minimum Gasteiger partial charge on any atom is -0.325 e. The van der Waals surface area contributed by atoms with Crippen LogP contribution in [0.4, 0.5) is 5.69 Å². The second-order valence-electron chi connectivity index (χ2n) is 7.42. The van der Waals surface area contributed by atoms with Gasteiger partial charge in [-0.25, -0.2) is 9.97 Å². The normalized spacial score (nSPS) is 17.4. The first-order chi connectivity index (χ1) is 13.4. The van der Waals surface area contributed by atoms with Crippen molar-refractivity contribution in [2.45, 2.75) is 50.3 Å². The number of anilines is 1. The number of hydrogen-bond donors (Lipinski definition) is 1. The Morgan fingerprint density at radius 1 is 1.39 bits per heavy atom. The minimum atomic E-state index is -0.283. The largest absolute Gasteiger partial charge is 0.325 e. The van der Waals surface area contributed by atoms with Crippen molar-refractivity contribution in [1.82, 2.24) is 9.97 Å². The van der Waals surface area contributed by atoms with Crippen LogP contribution >= 0.6 is 34.7 Å². The van der Waals surface area contributed by atoms with Crippen LogP contribution in [0.2, 0.25) is 5.02 Å². The number of hydrogen-bond acceptors (Lipinski definition) is 5. The first-order valence-corrected chi connectivity index (χ1v) is 11.5. The lowest BCUT2D eigenvalue weighted by Gasteiger charge is -2.18. The Hall–Kier alpha value is -1.63. The molecule has 0 bridgehead atoms. The quantitative estimate of drug-likeness (QED) is 0.413. The Bertz CT molecular complexity index is 1050. The zero-order chi connectivity index (χ0) is 19.8. The summed E-state index contributed by atoms with van der Waals surface area (Å²) in [4.78, 5) is 24.3. The first-order valence-electron chi connectivity index (χ1n) is 9.41. The van der Waals surface area contributed by atoms with Gasteiger partial charge in [-0.3, -0.25) is 4.79 Å². The molecule has 0 saturated heterocycles. The molecular formula is C21H22ClN3OS2. The van der Waals surface area contributed by atoms with Crippen molar-refractivity contribution in [3.8, 4) is 0 Å². The second-order valence-corrected chi connectivity index (χ2v) is 10.3. The molecule has 1 aliphatic rings. The summed E-state index contributed by atoms with van der Waals surface area (Å²) in [5.41, 5.74) is 3.12. The Morgan fingerprint density at radius 3 is 3.04 bits per heavy atom. The summed E-state index contributed by atoms with van der Waals surface area (Å²) in [6.07, 6.45) is 4.99. The van der Waals surface area contributed by atoms with E-state index in [1.165, 1.54) is 28.6 Å². The van der Waals surface area contributed by atoms with Crippen molar-refractivity contribution in [2.24, 2.45) is 5.92 Å². The zero-order valence-electron chi connectivity index (χ0n) is 16.1. The van der Waals surface area contributed by atoms with Gasteiger partial charge in [0.1, 0.15) is 16.2 Å². The van der Waals surface area contributed by atoms with Crippen LogP contribution in [0, 0.1) is 12.8 Å². The molecule has 0 spiro atoms. The van der Waals surface area contributed by atoms with Crippen LogP contribution < -0.4 is 5.32 Å². The van der Waals surface area contributed by atoms with Crippen molar-refractivity contribution < 1.29 is 4.79 Å². The summed E-state index contributed by atoms with van der Waals surface area (Å²) in [6.45, 7) is 6.17. The summed E-state index contributed by atoms with van der Waals surface area (Å²) in [5.74, 6) is 0.662. The molecule has 1 aliphatic carbocycles. The van der Waals surface area contributed by atoms with Gasteiger partial charge in [-0.15, -0.1) is 11.3 Å². The van der Waals surface area contributed by atoms with E-state index in [-0.39, 0.29) is 11.2 Å². The number of rotatable bonds is 4. The van der Waals surface area contributed by atoms with E-state index in [0.29, 0.717) is 5.02 Å². The van der Waals surface area contributed by atoms with Gasteiger partial charge < -0.3 is 5.32 Å². The van der Waals surface area contributed by atoms with Crippen molar-refractivity contribution >= 4 is 56.5 Å². The maximum absolute atomic E-state index is 12.8. The molecule has 0 fully saturated rings. The number of halogens is 1. The van der Waals surface area contributed by atoms with Gasteiger partial charge in [0.25, 0.3) is 0 Å². The molecule has 0 saturated carbocycles. The van der Waals surface area contributed by atoms with E-state index in [0.717, 1.165) is 45.3 Å². The monoisotopic (exact) mass is 431 g/mol. The van der Waals surface area contributed by atoms with Crippen LogP contribution in [0.1, 0.15) is 36.3 Å². The highest BCUT2D eigenvalue weighted by Gasteiger charge is 2.25. The van der Waals surface area contributed by atoms with Crippen molar-refractivity contribution in [3.05, 3.63) is 45.6 Å². The lowest BCUT2D eigenvalue weighted by atomic mass is 9.89. The van der Waals surface area contributed by atoms with Gasteiger partial charge in [-0.05, 0) is 62.3 Å². The second kappa shape index (κ2) is 8.01. The fraction of sp³-hybridized carbons (Fsp3) is 0.381. The van der Waals surface area contributed by atoms with Crippen LogP contribution in [0.3, 0.4) is 0 Å². The fourth-order valence-electron chi connectivity index (χ4n) is 3.52. The lowest BCUT2D eigenvalue weighted by Crippen LogP contribution is -2.23. The molecule has 1 amide bonds. The van der Waals surface area contributed by atoms with Gasteiger partial charge in [0.05, 0.1) is 5.25 Å². The third-order valence-electron chi connectivity index (χ3n) is 5.17. The lowest BCUT2D eigenvalue weighted by molar-refractivity contribution is -0.115. The zero-order valence-corrected chi connectivity index (χ0v) is 18.5. The van der Waals surface area contributed by atoms with Gasteiger partial charge in [-0.2, -0.15) is 0 Å². The first kappa shape index (κ1) is 19.7. The predicted octanol–water partition coefficient (Wildman–Crippen LogP) is 5.90. The number of nitrogens with zero attached hydrogens (tertiary/aromatic N) is 2. The number of amides is 1. The SMILES string of the molecule is Cc1ccc(Cl)cc1NC(=O)C(C)Sc1ncnc2sc3c(c12)CCC(C)C3. The van der Waals surface area contributed by atoms with Crippen LogP contribution in [-0.2, 0) is 17.6 Å². The third kappa shape index (κ3) is 3.91. The number of nitrogens with one attached hydrogen (secondary N) is 1. The molecule has 0 radical (unpaired) electrons. The smallest absolute Gasteiger partial charge is 0.237 e. The van der Waals surface area contributed by atoms with Crippen molar-refractivity contribution in [1.29, 1.82) is 0 Å². The molecule has 1 aromatic carbocycles. The minimum absolute atomic E-state index is 0.0557. The van der Waals surface area contributed by atoms with Gasteiger partial charge in [0.15, 0.2) is 0 Å². The highest BCUT2D eigenvalue weighted by atomic mass is 35.5. The summed E-state index contributed by atoms with van der Waals surface area (Å²) in [6, 6.07) is 5.51. The molecule has 1 N–H and O–H groups in total. The summed E-state index contributed by atoms with van der Waals surface area (Å²) in [5, 5.41) is 5.38. The molecule has 2 atom stereocenters. The Labute approximate surface area is 178 Å². The number of carbonyl (C=O) groups excluding carboxylic acids is 1. The molecule has 4 rings (SSSR count). The third-order valence-corrected chi connectivity index (χ3v) is 7.67. The highest BCUT2D eigenvalue weighted by molar-refractivity contribution is 8.00. The Kier molecular flexibility index (Phi) is 5.63. The number of thioether (sulfide) groups is 1. The van der Waals surface area contributed by atoms with Crippen LogP contribution in [0.15, 0.2) is 29.6 Å². The van der Waals surface area contributed by atoms with Crippen LogP contribution in [-0.4, -0.2) is 21.1 Å².